The van der Waals surface area contributed by atoms with Crippen LogP contribution in [-0.2, 0) is 5.75 Å². The fraction of sp³-hybridized carbons (Fsp3) is 0.424. The van der Waals surface area contributed by atoms with Crippen LogP contribution in [0.4, 0.5) is 0 Å². The Bertz CT molecular complexity index is 1210. The zero-order chi connectivity index (χ0) is 25.9. The minimum Gasteiger partial charge on any atom is -0.490 e. The molecule has 2 saturated heterocycles. The van der Waals surface area contributed by atoms with Crippen LogP contribution in [0.15, 0.2) is 77.7 Å². The van der Waals surface area contributed by atoms with E-state index in [0.717, 1.165) is 42.7 Å². The highest BCUT2D eigenvalue weighted by molar-refractivity contribution is 7.98. The smallest absolute Gasteiger partial charge is 0.254 e. The first-order valence-electron chi connectivity index (χ1n) is 13.8. The summed E-state index contributed by atoms with van der Waals surface area (Å²) in [5, 5.41) is 0. The third-order valence-electron chi connectivity index (χ3n) is 7.90. The van der Waals surface area contributed by atoms with Crippen molar-refractivity contribution in [1.29, 1.82) is 0 Å². The topological polar surface area (TPSA) is 29.5 Å². The summed E-state index contributed by atoms with van der Waals surface area (Å²) in [5.41, 5.74) is 4.71. The number of rotatable bonds is 8. The van der Waals surface area contributed by atoms with Gasteiger partial charge in [-0.05, 0) is 65.6 Å². The number of ether oxygens (including phenoxy) is 1. The Hall–Kier alpha value is -2.72. The monoisotopic (exact) mass is 513 g/mol. The predicted octanol–water partition coefficient (Wildman–Crippen LogP) is 8.44. The van der Waals surface area contributed by atoms with Crippen molar-refractivity contribution in [2.24, 2.45) is 0 Å². The minimum absolute atomic E-state index is 0.176. The molecule has 2 aliphatic rings. The summed E-state index contributed by atoms with van der Waals surface area (Å²) in [4.78, 5) is 17.1. The van der Waals surface area contributed by atoms with Crippen LogP contribution in [0.5, 0.6) is 5.75 Å². The molecule has 2 heterocycles. The molecule has 0 aliphatic carbocycles. The molecule has 2 unspecified atom stereocenters. The molecule has 3 aromatic carbocycles. The molecule has 0 saturated carbocycles. The number of piperidine rings is 1. The highest BCUT2D eigenvalue weighted by Gasteiger charge is 2.44. The van der Waals surface area contributed by atoms with E-state index in [1.165, 1.54) is 21.6 Å². The van der Waals surface area contributed by atoms with Crippen molar-refractivity contribution in [3.05, 3.63) is 95.1 Å². The summed E-state index contributed by atoms with van der Waals surface area (Å²) < 4.78 is 6.52. The average Bonchev–Trinajstić information content (AvgIpc) is 3.17. The van der Waals surface area contributed by atoms with Gasteiger partial charge in [0.25, 0.3) is 5.91 Å². The van der Waals surface area contributed by atoms with Crippen molar-refractivity contribution in [1.82, 2.24) is 4.90 Å². The van der Waals surface area contributed by atoms with Crippen LogP contribution in [-0.4, -0.2) is 29.0 Å². The number of carbonyl (C=O) groups is 1. The predicted molar refractivity (Wildman–Crippen MR) is 154 cm³/mol. The van der Waals surface area contributed by atoms with Gasteiger partial charge in [-0.1, -0.05) is 76.2 Å². The zero-order valence-corrected chi connectivity index (χ0v) is 23.3. The highest BCUT2D eigenvalue weighted by Crippen LogP contribution is 2.39. The SMILES string of the molecule is CC(C)c1ccccc1OC1CC2CCC(C1)N2C(=O)c1ccc(CSc2ccccc2C(C)C)cc1. The molecular weight excluding hydrogens is 474 g/mol. The van der Waals surface area contributed by atoms with Gasteiger partial charge in [-0.3, -0.25) is 4.79 Å². The lowest BCUT2D eigenvalue weighted by molar-refractivity contribution is 0.0356. The fourth-order valence-corrected chi connectivity index (χ4v) is 7.10. The zero-order valence-electron chi connectivity index (χ0n) is 22.5. The van der Waals surface area contributed by atoms with Crippen molar-refractivity contribution >= 4 is 17.7 Å². The maximum Gasteiger partial charge on any atom is 0.254 e. The second-order valence-corrected chi connectivity index (χ2v) is 12.2. The Kier molecular flexibility index (Phi) is 7.95. The Morgan fingerprint density at radius 1 is 0.838 bits per heavy atom. The van der Waals surface area contributed by atoms with E-state index < -0.39 is 0 Å². The van der Waals surface area contributed by atoms with Gasteiger partial charge in [-0.25, -0.2) is 0 Å². The van der Waals surface area contributed by atoms with Gasteiger partial charge in [0.2, 0.25) is 0 Å². The number of para-hydroxylation sites is 1. The van der Waals surface area contributed by atoms with Crippen molar-refractivity contribution in [3.8, 4) is 5.75 Å². The number of nitrogens with zero attached hydrogens (tertiary/aromatic N) is 1. The Morgan fingerprint density at radius 3 is 2.08 bits per heavy atom. The molecule has 4 heteroatoms. The molecule has 3 nitrogen and oxygen atoms in total. The largest absolute Gasteiger partial charge is 0.490 e. The van der Waals surface area contributed by atoms with Gasteiger partial charge in [0.1, 0.15) is 11.9 Å². The molecule has 194 valence electrons. The molecular formula is C33H39NO2S. The van der Waals surface area contributed by atoms with E-state index >= 15 is 0 Å². The van der Waals surface area contributed by atoms with Gasteiger partial charge in [-0.2, -0.15) is 0 Å². The van der Waals surface area contributed by atoms with Gasteiger partial charge in [-0.15, -0.1) is 11.8 Å². The Labute approximate surface area is 226 Å². The molecule has 2 atom stereocenters. The molecule has 37 heavy (non-hydrogen) atoms. The first-order valence-corrected chi connectivity index (χ1v) is 14.8. The normalized spacial score (nSPS) is 21.0. The van der Waals surface area contributed by atoms with Gasteiger partial charge in [0.15, 0.2) is 0 Å². The number of thioether (sulfide) groups is 1. The van der Waals surface area contributed by atoms with Crippen molar-refractivity contribution in [2.45, 2.75) is 94.1 Å². The van der Waals surface area contributed by atoms with Crippen molar-refractivity contribution in [2.75, 3.05) is 0 Å². The maximum absolute atomic E-state index is 13.6. The summed E-state index contributed by atoms with van der Waals surface area (Å²) in [6.07, 6.45) is 4.16. The molecule has 2 aliphatic heterocycles. The molecule has 5 rings (SSSR count). The van der Waals surface area contributed by atoms with E-state index in [1.807, 2.05) is 23.9 Å². The van der Waals surface area contributed by atoms with Gasteiger partial charge >= 0.3 is 0 Å². The van der Waals surface area contributed by atoms with Crippen molar-refractivity contribution in [3.63, 3.8) is 0 Å². The Balaban J connectivity index is 1.21. The van der Waals surface area contributed by atoms with Gasteiger partial charge < -0.3 is 9.64 Å². The number of carbonyl (C=O) groups excluding carboxylic acids is 1. The number of hydrogen-bond donors (Lipinski definition) is 0. The molecule has 1 amide bonds. The fourth-order valence-electron chi connectivity index (χ4n) is 5.94. The van der Waals surface area contributed by atoms with Crippen molar-refractivity contribution < 1.29 is 9.53 Å². The summed E-state index contributed by atoms with van der Waals surface area (Å²) in [5.74, 6) is 3.04. The van der Waals surface area contributed by atoms with E-state index in [0.29, 0.717) is 11.8 Å². The molecule has 3 aromatic rings. The maximum atomic E-state index is 13.6. The van der Waals surface area contributed by atoms with Crippen LogP contribution >= 0.6 is 11.8 Å². The molecule has 0 spiro atoms. The van der Waals surface area contributed by atoms with E-state index in [9.17, 15) is 4.79 Å². The van der Waals surface area contributed by atoms with Crippen LogP contribution in [0.1, 0.15) is 92.3 Å². The second-order valence-electron chi connectivity index (χ2n) is 11.2. The third-order valence-corrected chi connectivity index (χ3v) is 9.06. The molecule has 2 bridgehead atoms. The first kappa shape index (κ1) is 25.9. The highest BCUT2D eigenvalue weighted by atomic mass is 32.2. The Morgan fingerprint density at radius 2 is 1.43 bits per heavy atom. The van der Waals surface area contributed by atoms with Gasteiger partial charge in [0, 0.05) is 41.1 Å². The van der Waals surface area contributed by atoms with E-state index in [2.05, 4.69) is 93.3 Å². The average molecular weight is 514 g/mol. The van der Waals surface area contributed by atoms with E-state index in [1.54, 1.807) is 0 Å². The number of benzene rings is 3. The summed E-state index contributed by atoms with van der Waals surface area (Å²) in [6, 6.07) is 25.9. The first-order chi connectivity index (χ1) is 17.9. The number of hydrogen-bond acceptors (Lipinski definition) is 3. The summed E-state index contributed by atoms with van der Waals surface area (Å²) >= 11 is 1.88. The van der Waals surface area contributed by atoms with Crippen LogP contribution in [0.2, 0.25) is 0 Å². The summed E-state index contributed by atoms with van der Waals surface area (Å²) in [7, 11) is 0. The van der Waals surface area contributed by atoms with Crippen LogP contribution < -0.4 is 4.74 Å². The van der Waals surface area contributed by atoms with Crippen LogP contribution in [0.3, 0.4) is 0 Å². The standard InChI is InChI=1S/C33H39NO2S/c1-22(2)29-9-5-7-11-31(29)36-28-19-26-17-18-27(20-28)34(26)33(35)25-15-13-24(14-16-25)21-37-32-12-8-6-10-30(32)23(3)4/h5-16,22-23,26-28H,17-21H2,1-4H3. The second kappa shape index (κ2) is 11.3. The third kappa shape index (κ3) is 5.75. The molecule has 0 N–H and O–H groups in total. The summed E-state index contributed by atoms with van der Waals surface area (Å²) in [6.45, 7) is 8.90. The van der Waals surface area contributed by atoms with Gasteiger partial charge in [0.05, 0.1) is 0 Å². The van der Waals surface area contributed by atoms with E-state index in [-0.39, 0.29) is 24.1 Å². The van der Waals surface area contributed by atoms with Crippen LogP contribution in [0.25, 0.3) is 0 Å². The molecule has 0 aromatic heterocycles. The lowest BCUT2D eigenvalue weighted by Crippen LogP contribution is -2.49. The lowest BCUT2D eigenvalue weighted by Gasteiger charge is -2.39. The van der Waals surface area contributed by atoms with E-state index in [4.69, 9.17) is 4.74 Å². The lowest BCUT2D eigenvalue weighted by atomic mass is 9.97. The number of fused-ring (bicyclic) bond motifs is 2. The quantitative estimate of drug-likeness (QED) is 0.283. The minimum atomic E-state index is 0.176. The molecule has 2 fully saturated rings. The number of amides is 1. The van der Waals surface area contributed by atoms with Crippen LogP contribution in [0, 0.1) is 0 Å². The molecule has 0 radical (unpaired) electrons.